The highest BCUT2D eigenvalue weighted by Crippen LogP contribution is 2.44. The maximum absolute atomic E-state index is 8.94. The number of fused-ring (bicyclic) bond motifs is 1. The molecule has 5 heteroatoms. The zero-order valence-electron chi connectivity index (χ0n) is 10.6. The molecule has 2 N–H and O–H groups in total. The molecule has 0 fully saturated rings. The molecule has 0 aromatic heterocycles. The zero-order valence-corrected chi connectivity index (χ0v) is 12.2. The summed E-state index contributed by atoms with van der Waals surface area (Å²) < 4.78 is 12.5. The van der Waals surface area contributed by atoms with E-state index in [-0.39, 0.29) is 0 Å². The Hall–Kier alpha value is -0.780. The van der Waals surface area contributed by atoms with E-state index in [0.29, 0.717) is 25.7 Å². The highest BCUT2D eigenvalue weighted by Gasteiger charge is 2.23. The van der Waals surface area contributed by atoms with Gasteiger partial charge in [0.05, 0.1) is 17.7 Å². The Labute approximate surface area is 115 Å². The Morgan fingerprint density at radius 1 is 1.33 bits per heavy atom. The Kier molecular flexibility index (Phi) is 4.48. The number of hydrogen-bond donors (Lipinski definition) is 2. The SMILES string of the molecule is CC(C)c1c(CNO)cc(Br)c2c1OCCCO2. The summed E-state index contributed by atoms with van der Waals surface area (Å²) in [5.74, 6) is 1.89. The Bertz CT molecular complexity index is 435. The third-order valence-corrected chi connectivity index (χ3v) is 3.53. The van der Waals surface area contributed by atoms with Gasteiger partial charge in [-0.25, -0.2) is 5.48 Å². The number of halogens is 1. The molecule has 0 saturated carbocycles. The van der Waals surface area contributed by atoms with Crippen LogP contribution < -0.4 is 15.0 Å². The average molecular weight is 316 g/mol. The molecule has 0 radical (unpaired) electrons. The van der Waals surface area contributed by atoms with Crippen molar-refractivity contribution in [3.63, 3.8) is 0 Å². The van der Waals surface area contributed by atoms with Crippen molar-refractivity contribution in [2.75, 3.05) is 13.2 Å². The molecule has 100 valence electrons. The number of benzene rings is 1. The summed E-state index contributed by atoms with van der Waals surface area (Å²) >= 11 is 3.51. The maximum Gasteiger partial charge on any atom is 0.175 e. The molecule has 0 saturated heterocycles. The topological polar surface area (TPSA) is 50.7 Å². The Morgan fingerprint density at radius 2 is 2.00 bits per heavy atom. The fourth-order valence-corrected chi connectivity index (χ4v) is 2.79. The van der Waals surface area contributed by atoms with Crippen LogP contribution in [-0.2, 0) is 6.54 Å². The van der Waals surface area contributed by atoms with E-state index in [1.807, 2.05) is 6.07 Å². The molecule has 1 aliphatic rings. The number of hydroxylamine groups is 1. The molecular formula is C13H18BrNO3. The van der Waals surface area contributed by atoms with Crippen molar-refractivity contribution in [2.45, 2.75) is 32.7 Å². The van der Waals surface area contributed by atoms with Gasteiger partial charge in [0.1, 0.15) is 0 Å². The van der Waals surface area contributed by atoms with Crippen molar-refractivity contribution in [1.29, 1.82) is 0 Å². The second-order valence-electron chi connectivity index (χ2n) is 4.63. The van der Waals surface area contributed by atoms with E-state index >= 15 is 0 Å². The van der Waals surface area contributed by atoms with Gasteiger partial charge in [0.15, 0.2) is 11.5 Å². The number of nitrogens with one attached hydrogen (secondary N) is 1. The van der Waals surface area contributed by atoms with Crippen LogP contribution in [0, 0.1) is 0 Å². The molecule has 1 aromatic rings. The minimum absolute atomic E-state index is 0.303. The monoisotopic (exact) mass is 315 g/mol. The molecule has 4 nitrogen and oxygen atoms in total. The van der Waals surface area contributed by atoms with Crippen LogP contribution in [0.4, 0.5) is 0 Å². The van der Waals surface area contributed by atoms with Gasteiger partial charge in [-0.3, -0.25) is 0 Å². The molecule has 0 aliphatic carbocycles. The minimum Gasteiger partial charge on any atom is -0.489 e. The minimum atomic E-state index is 0.303. The number of ether oxygens (including phenoxy) is 2. The van der Waals surface area contributed by atoms with Gasteiger partial charge in [-0.15, -0.1) is 0 Å². The van der Waals surface area contributed by atoms with Gasteiger partial charge in [-0.05, 0) is 33.5 Å². The molecule has 2 rings (SSSR count). The predicted molar refractivity (Wildman–Crippen MR) is 72.5 cm³/mol. The van der Waals surface area contributed by atoms with E-state index in [1.165, 1.54) is 0 Å². The maximum atomic E-state index is 8.94. The van der Waals surface area contributed by atoms with Gasteiger partial charge in [-0.1, -0.05) is 13.8 Å². The molecule has 0 amide bonds. The standard InChI is InChI=1S/C13H18BrNO3/c1-8(2)11-9(7-15-16)6-10(14)12-13(11)18-5-3-4-17-12/h6,8,15-16H,3-5,7H2,1-2H3. The highest BCUT2D eigenvalue weighted by molar-refractivity contribution is 9.10. The van der Waals surface area contributed by atoms with E-state index in [2.05, 4.69) is 35.3 Å². The average Bonchev–Trinajstić information content (AvgIpc) is 2.55. The lowest BCUT2D eigenvalue weighted by Gasteiger charge is -2.20. The highest BCUT2D eigenvalue weighted by atomic mass is 79.9. The van der Waals surface area contributed by atoms with E-state index < -0.39 is 0 Å². The number of rotatable bonds is 3. The lowest BCUT2D eigenvalue weighted by atomic mass is 9.95. The molecule has 18 heavy (non-hydrogen) atoms. The van der Waals surface area contributed by atoms with Crippen LogP contribution in [0.3, 0.4) is 0 Å². The molecule has 1 aliphatic heterocycles. The molecular weight excluding hydrogens is 298 g/mol. The summed E-state index contributed by atoms with van der Waals surface area (Å²) in [6.07, 6.45) is 0.881. The first-order chi connectivity index (χ1) is 8.65. The van der Waals surface area contributed by atoms with Crippen LogP contribution in [-0.4, -0.2) is 18.4 Å². The quantitative estimate of drug-likeness (QED) is 0.841. The van der Waals surface area contributed by atoms with Crippen LogP contribution in [0.5, 0.6) is 11.5 Å². The van der Waals surface area contributed by atoms with Crippen molar-refractivity contribution < 1.29 is 14.7 Å². The van der Waals surface area contributed by atoms with E-state index in [9.17, 15) is 0 Å². The summed E-state index contributed by atoms with van der Waals surface area (Å²) in [6, 6.07) is 1.98. The molecule has 0 bridgehead atoms. The molecule has 0 atom stereocenters. The largest absolute Gasteiger partial charge is 0.489 e. The Balaban J connectivity index is 2.57. The van der Waals surface area contributed by atoms with E-state index in [1.54, 1.807) is 0 Å². The van der Waals surface area contributed by atoms with Crippen molar-refractivity contribution in [1.82, 2.24) is 5.48 Å². The van der Waals surface area contributed by atoms with Crippen molar-refractivity contribution in [2.24, 2.45) is 0 Å². The first-order valence-corrected chi connectivity index (χ1v) is 6.92. The van der Waals surface area contributed by atoms with Crippen LogP contribution in [0.15, 0.2) is 10.5 Å². The first kappa shape index (κ1) is 13.6. The Morgan fingerprint density at radius 3 is 2.61 bits per heavy atom. The fraction of sp³-hybridized carbons (Fsp3) is 0.538. The summed E-state index contributed by atoms with van der Waals surface area (Å²) in [6.45, 7) is 5.94. The van der Waals surface area contributed by atoms with E-state index in [0.717, 1.165) is 33.5 Å². The summed E-state index contributed by atoms with van der Waals surface area (Å²) in [4.78, 5) is 0. The van der Waals surface area contributed by atoms with Gasteiger partial charge in [0.2, 0.25) is 0 Å². The second kappa shape index (κ2) is 5.91. The summed E-state index contributed by atoms with van der Waals surface area (Å²) in [7, 11) is 0. The lowest BCUT2D eigenvalue weighted by Crippen LogP contribution is -2.11. The lowest BCUT2D eigenvalue weighted by molar-refractivity contribution is 0.160. The predicted octanol–water partition coefficient (Wildman–Crippen LogP) is 3.21. The van der Waals surface area contributed by atoms with Gasteiger partial charge >= 0.3 is 0 Å². The van der Waals surface area contributed by atoms with Crippen LogP contribution >= 0.6 is 15.9 Å². The van der Waals surface area contributed by atoms with Crippen LogP contribution in [0.1, 0.15) is 37.3 Å². The van der Waals surface area contributed by atoms with Crippen molar-refractivity contribution in [3.05, 3.63) is 21.7 Å². The molecule has 0 spiro atoms. The van der Waals surface area contributed by atoms with Gasteiger partial charge in [0.25, 0.3) is 0 Å². The molecule has 1 heterocycles. The van der Waals surface area contributed by atoms with Crippen LogP contribution in [0.2, 0.25) is 0 Å². The molecule has 1 aromatic carbocycles. The zero-order chi connectivity index (χ0) is 13.1. The van der Waals surface area contributed by atoms with E-state index in [4.69, 9.17) is 14.7 Å². The third kappa shape index (κ3) is 2.63. The summed E-state index contributed by atoms with van der Waals surface area (Å²) in [5, 5.41) is 8.94. The van der Waals surface area contributed by atoms with Crippen molar-refractivity contribution >= 4 is 15.9 Å². The van der Waals surface area contributed by atoms with Crippen molar-refractivity contribution in [3.8, 4) is 11.5 Å². The normalized spacial score (nSPS) is 14.7. The number of hydrogen-bond acceptors (Lipinski definition) is 4. The third-order valence-electron chi connectivity index (χ3n) is 2.94. The summed E-state index contributed by atoms with van der Waals surface area (Å²) in [5.41, 5.74) is 4.32. The molecule has 0 unspecified atom stereocenters. The van der Waals surface area contributed by atoms with Gasteiger partial charge in [-0.2, -0.15) is 0 Å². The van der Waals surface area contributed by atoms with Gasteiger partial charge in [0, 0.05) is 18.5 Å². The van der Waals surface area contributed by atoms with Crippen LogP contribution in [0.25, 0.3) is 0 Å². The van der Waals surface area contributed by atoms with Gasteiger partial charge < -0.3 is 14.7 Å². The fourth-order valence-electron chi connectivity index (χ4n) is 2.22. The second-order valence-corrected chi connectivity index (χ2v) is 5.48. The first-order valence-electron chi connectivity index (χ1n) is 6.13. The smallest absolute Gasteiger partial charge is 0.175 e.